The van der Waals surface area contributed by atoms with Crippen molar-refractivity contribution in [3.05, 3.63) is 30.1 Å². The number of hydrogen-bond donors (Lipinski definition) is 1. The predicted octanol–water partition coefficient (Wildman–Crippen LogP) is 2.50. The van der Waals surface area contributed by atoms with Crippen molar-refractivity contribution >= 4 is 12.6 Å². The lowest BCUT2D eigenvalue weighted by atomic mass is 10.3. The fourth-order valence-corrected chi connectivity index (χ4v) is 0.530. The Morgan fingerprint density at radius 3 is 2.23 bits per heavy atom. The molecule has 0 fully saturated rings. The van der Waals surface area contributed by atoms with E-state index in [9.17, 15) is 13.2 Å². The first kappa shape index (κ1) is 11.8. The number of nitriles is 1. The number of pyridine rings is 1. The summed E-state index contributed by atoms with van der Waals surface area (Å²) in [4.78, 5) is 3.33. The van der Waals surface area contributed by atoms with Crippen LogP contribution < -0.4 is 0 Å². The molecule has 1 aromatic rings. The van der Waals surface area contributed by atoms with Crippen LogP contribution in [-0.2, 0) is 6.18 Å². The number of rotatable bonds is 0. The Balaban J connectivity index is 0.000000424. The van der Waals surface area contributed by atoms with E-state index in [2.05, 4.69) is 17.6 Å². The molecule has 0 saturated heterocycles. The zero-order valence-electron chi connectivity index (χ0n) is 6.28. The summed E-state index contributed by atoms with van der Waals surface area (Å²) in [7, 11) is 0. The summed E-state index contributed by atoms with van der Waals surface area (Å²) in [6.07, 6.45) is -2.18. The molecule has 0 aliphatic rings. The first-order valence-corrected chi connectivity index (χ1v) is 3.47. The third kappa shape index (κ3) is 5.09. The molecule has 0 bridgehead atoms. The number of thiol groups is 1. The average Bonchev–Trinajstić information content (AvgIpc) is 2.06. The van der Waals surface area contributed by atoms with Gasteiger partial charge in [-0.2, -0.15) is 18.4 Å². The van der Waals surface area contributed by atoms with Crippen LogP contribution in [0.2, 0.25) is 0 Å². The molecule has 1 aromatic heterocycles. The maximum atomic E-state index is 11.7. The van der Waals surface area contributed by atoms with Crippen molar-refractivity contribution in [1.29, 1.82) is 5.26 Å². The molecule has 0 radical (unpaired) electrons. The second-order valence-corrected chi connectivity index (χ2v) is 2.04. The van der Waals surface area contributed by atoms with Gasteiger partial charge in [0.1, 0.15) is 5.40 Å². The van der Waals surface area contributed by atoms with Crippen LogP contribution in [0.5, 0.6) is 0 Å². The van der Waals surface area contributed by atoms with Gasteiger partial charge in [-0.25, -0.2) is 0 Å². The third-order valence-corrected chi connectivity index (χ3v) is 0.989. The van der Waals surface area contributed by atoms with E-state index in [-0.39, 0.29) is 0 Å². The fourth-order valence-electron chi connectivity index (χ4n) is 0.530. The maximum absolute atomic E-state index is 11.7. The van der Waals surface area contributed by atoms with E-state index >= 15 is 0 Å². The molecule has 6 heteroatoms. The number of alkyl halides is 3. The highest BCUT2D eigenvalue weighted by Crippen LogP contribution is 2.27. The molecule has 0 saturated carbocycles. The largest absolute Gasteiger partial charge is 0.417 e. The van der Waals surface area contributed by atoms with Gasteiger partial charge in [0.15, 0.2) is 0 Å². The molecule has 0 spiro atoms. The maximum Gasteiger partial charge on any atom is 0.417 e. The summed E-state index contributed by atoms with van der Waals surface area (Å²) < 4.78 is 35.2. The van der Waals surface area contributed by atoms with Gasteiger partial charge in [-0.3, -0.25) is 4.98 Å². The molecule has 70 valence electrons. The van der Waals surface area contributed by atoms with Gasteiger partial charge in [0.2, 0.25) is 0 Å². The van der Waals surface area contributed by atoms with Gasteiger partial charge < -0.3 is 0 Å². The van der Waals surface area contributed by atoms with E-state index in [1.807, 2.05) is 0 Å². The third-order valence-electron chi connectivity index (χ3n) is 0.989. The zero-order chi connectivity index (χ0) is 10.3. The quantitative estimate of drug-likeness (QED) is 0.523. The average molecular weight is 206 g/mol. The second kappa shape index (κ2) is 5.43. The van der Waals surface area contributed by atoms with Crippen molar-refractivity contribution in [3.63, 3.8) is 0 Å². The van der Waals surface area contributed by atoms with Gasteiger partial charge in [-0.1, -0.05) is 12.6 Å². The molecule has 0 N–H and O–H groups in total. The van der Waals surface area contributed by atoms with E-state index in [1.54, 1.807) is 0 Å². The van der Waals surface area contributed by atoms with Crippen molar-refractivity contribution in [3.8, 4) is 5.40 Å². The van der Waals surface area contributed by atoms with Crippen molar-refractivity contribution in [2.45, 2.75) is 6.18 Å². The standard InChI is InChI=1S/C6H4F3N.CHNS/c7-6(8,9)5-2-1-3-10-4-5;2-1-3/h1-4H;3H. The topological polar surface area (TPSA) is 36.7 Å². The Hall–Kier alpha value is -1.22. The van der Waals surface area contributed by atoms with Crippen LogP contribution in [0, 0.1) is 10.7 Å². The lowest BCUT2D eigenvalue weighted by Gasteiger charge is -2.03. The molecule has 0 unspecified atom stereocenters. The smallest absolute Gasteiger partial charge is 0.264 e. The summed E-state index contributed by atoms with van der Waals surface area (Å²) in [6, 6.07) is 2.23. The van der Waals surface area contributed by atoms with Crippen molar-refractivity contribution in [2.24, 2.45) is 0 Å². The van der Waals surface area contributed by atoms with Gasteiger partial charge in [0, 0.05) is 12.4 Å². The Kier molecular flexibility index (Phi) is 4.92. The fraction of sp³-hybridized carbons (Fsp3) is 0.143. The number of aromatic nitrogens is 1. The highest BCUT2D eigenvalue weighted by molar-refractivity contribution is 7.85. The summed E-state index contributed by atoms with van der Waals surface area (Å²) in [5.74, 6) is 0. The zero-order valence-corrected chi connectivity index (χ0v) is 7.18. The number of hydrogen-bond acceptors (Lipinski definition) is 3. The number of thiocyanates is 1. The van der Waals surface area contributed by atoms with E-state index in [1.165, 1.54) is 17.7 Å². The van der Waals surface area contributed by atoms with Gasteiger partial charge in [0.05, 0.1) is 5.56 Å². The van der Waals surface area contributed by atoms with E-state index < -0.39 is 11.7 Å². The number of halogens is 3. The van der Waals surface area contributed by atoms with Crippen LogP contribution in [0.15, 0.2) is 24.5 Å². The van der Waals surface area contributed by atoms with Gasteiger partial charge in [-0.15, -0.1) is 0 Å². The minimum absolute atomic E-state index is 0.713. The van der Waals surface area contributed by atoms with Crippen LogP contribution in [0.3, 0.4) is 0 Å². The van der Waals surface area contributed by atoms with Crippen LogP contribution in [0.1, 0.15) is 5.56 Å². The van der Waals surface area contributed by atoms with Crippen LogP contribution in [0.25, 0.3) is 0 Å². The molecule has 0 aliphatic heterocycles. The molecule has 13 heavy (non-hydrogen) atoms. The Morgan fingerprint density at radius 1 is 1.46 bits per heavy atom. The molecule has 0 amide bonds. The highest BCUT2D eigenvalue weighted by atomic mass is 32.1. The Morgan fingerprint density at radius 2 is 2.00 bits per heavy atom. The van der Waals surface area contributed by atoms with E-state index in [0.717, 1.165) is 12.3 Å². The van der Waals surface area contributed by atoms with Crippen molar-refractivity contribution in [1.82, 2.24) is 4.98 Å². The summed E-state index contributed by atoms with van der Waals surface area (Å²) in [6.45, 7) is 0. The van der Waals surface area contributed by atoms with Crippen LogP contribution >= 0.6 is 12.6 Å². The molecular weight excluding hydrogens is 201 g/mol. The summed E-state index contributed by atoms with van der Waals surface area (Å²) in [5, 5.41) is 8.63. The Labute approximate surface area is 78.4 Å². The van der Waals surface area contributed by atoms with E-state index in [4.69, 9.17) is 5.26 Å². The molecule has 0 atom stereocenters. The predicted molar refractivity (Wildman–Crippen MR) is 43.8 cm³/mol. The first-order valence-electron chi connectivity index (χ1n) is 3.02. The lowest BCUT2D eigenvalue weighted by Crippen LogP contribution is -2.04. The SMILES string of the molecule is FC(F)(F)c1cccnc1.N#CS. The van der Waals surface area contributed by atoms with E-state index in [0.29, 0.717) is 0 Å². The minimum atomic E-state index is -4.27. The first-order chi connectivity index (χ1) is 6.02. The molecule has 1 rings (SSSR count). The van der Waals surface area contributed by atoms with Gasteiger partial charge in [0.25, 0.3) is 0 Å². The van der Waals surface area contributed by atoms with Crippen molar-refractivity contribution in [2.75, 3.05) is 0 Å². The summed E-state index contributed by atoms with van der Waals surface area (Å²) in [5.41, 5.74) is -0.713. The molecule has 0 aliphatic carbocycles. The molecule has 1 heterocycles. The normalized spacial score (nSPS) is 9.46. The monoisotopic (exact) mass is 206 g/mol. The number of nitrogens with zero attached hydrogens (tertiary/aromatic N) is 2. The molecule has 0 aromatic carbocycles. The Bertz CT molecular complexity index is 278. The minimum Gasteiger partial charge on any atom is -0.264 e. The molecule has 2 nitrogen and oxygen atoms in total. The van der Waals surface area contributed by atoms with Crippen LogP contribution in [-0.4, -0.2) is 4.98 Å². The summed E-state index contributed by atoms with van der Waals surface area (Å²) >= 11 is 3.09. The highest BCUT2D eigenvalue weighted by Gasteiger charge is 2.30. The second-order valence-electron chi connectivity index (χ2n) is 1.84. The van der Waals surface area contributed by atoms with Crippen molar-refractivity contribution < 1.29 is 13.2 Å². The lowest BCUT2D eigenvalue weighted by molar-refractivity contribution is -0.137. The molecular formula is C7H5F3N2S. The van der Waals surface area contributed by atoms with Crippen LogP contribution in [0.4, 0.5) is 13.2 Å². The van der Waals surface area contributed by atoms with Gasteiger partial charge in [-0.05, 0) is 12.1 Å². The van der Waals surface area contributed by atoms with Gasteiger partial charge >= 0.3 is 6.18 Å².